The Labute approximate surface area is 181 Å². The molecule has 29 heavy (non-hydrogen) atoms. The monoisotopic (exact) mass is 446 g/mol. The Morgan fingerprint density at radius 1 is 1.28 bits per heavy atom. The molecule has 0 aliphatic carbocycles. The number of fused-ring (bicyclic) bond motifs is 1. The van der Waals surface area contributed by atoms with Gasteiger partial charge in [-0.05, 0) is 37.6 Å². The summed E-state index contributed by atoms with van der Waals surface area (Å²) in [4.78, 5) is 24.4. The fraction of sp³-hybridized carbons (Fsp3) is 0.250. The minimum absolute atomic E-state index is 0.0930. The quantitative estimate of drug-likeness (QED) is 0.366. The van der Waals surface area contributed by atoms with Gasteiger partial charge in [0.25, 0.3) is 5.91 Å². The van der Waals surface area contributed by atoms with E-state index >= 15 is 0 Å². The van der Waals surface area contributed by atoms with Gasteiger partial charge in [0, 0.05) is 25.5 Å². The molecule has 0 saturated heterocycles. The number of nitrogens with zero attached hydrogens (tertiary/aromatic N) is 4. The van der Waals surface area contributed by atoms with Crippen molar-refractivity contribution in [2.45, 2.75) is 19.9 Å². The highest BCUT2D eigenvalue weighted by Gasteiger charge is 2.23. The maximum atomic E-state index is 13.2. The van der Waals surface area contributed by atoms with Gasteiger partial charge in [0.15, 0.2) is 5.13 Å². The Hall–Kier alpha value is -2.42. The molecule has 0 unspecified atom stereocenters. The number of anilines is 1. The van der Waals surface area contributed by atoms with Crippen LogP contribution in [0.15, 0.2) is 49.1 Å². The molecular weight excluding hydrogens is 428 g/mol. The van der Waals surface area contributed by atoms with Gasteiger partial charge in [0.1, 0.15) is 11.3 Å². The van der Waals surface area contributed by atoms with E-state index in [4.69, 9.17) is 21.3 Å². The predicted octanol–water partition coefficient (Wildman–Crippen LogP) is 5.34. The molecule has 3 heterocycles. The van der Waals surface area contributed by atoms with Gasteiger partial charge in [0.2, 0.25) is 0 Å². The number of halogens is 1. The first-order valence-corrected chi connectivity index (χ1v) is 11.2. The molecule has 0 aliphatic heterocycles. The molecule has 0 saturated carbocycles. The predicted molar refractivity (Wildman–Crippen MR) is 119 cm³/mol. The highest BCUT2D eigenvalue weighted by Crippen LogP contribution is 2.35. The molecule has 0 N–H and O–H groups in total. The highest BCUT2D eigenvalue weighted by molar-refractivity contribution is 7.22. The number of carbonyl (C=O) groups is 1. The largest absolute Gasteiger partial charge is 0.492 e. The Bertz CT molecular complexity index is 1110. The third-order valence-corrected chi connectivity index (χ3v) is 6.55. The first kappa shape index (κ1) is 19.9. The maximum Gasteiger partial charge on any atom is 0.270 e. The molecule has 150 valence electrons. The van der Waals surface area contributed by atoms with Gasteiger partial charge in [0.05, 0.1) is 26.8 Å². The van der Waals surface area contributed by atoms with Crippen LogP contribution in [0.25, 0.3) is 10.2 Å². The van der Waals surface area contributed by atoms with Crippen molar-refractivity contribution in [2.75, 3.05) is 18.1 Å². The van der Waals surface area contributed by atoms with Crippen molar-refractivity contribution in [3.05, 3.63) is 58.3 Å². The van der Waals surface area contributed by atoms with Gasteiger partial charge >= 0.3 is 0 Å². The Morgan fingerprint density at radius 2 is 2.17 bits per heavy atom. The zero-order valence-electron chi connectivity index (χ0n) is 15.7. The second-order valence-corrected chi connectivity index (χ2v) is 8.97. The number of para-hydroxylation sites is 1. The summed E-state index contributed by atoms with van der Waals surface area (Å²) in [6, 6.07) is 9.35. The minimum atomic E-state index is -0.0930. The highest BCUT2D eigenvalue weighted by atomic mass is 35.5. The van der Waals surface area contributed by atoms with Crippen molar-refractivity contribution in [2.24, 2.45) is 0 Å². The van der Waals surface area contributed by atoms with E-state index in [9.17, 15) is 4.79 Å². The van der Waals surface area contributed by atoms with Crippen molar-refractivity contribution in [3.8, 4) is 5.75 Å². The molecule has 0 fully saturated rings. The first-order valence-electron chi connectivity index (χ1n) is 9.21. The number of thiazole rings is 1. The number of benzene rings is 1. The third-order valence-electron chi connectivity index (χ3n) is 4.29. The van der Waals surface area contributed by atoms with Crippen LogP contribution in [0.3, 0.4) is 0 Å². The smallest absolute Gasteiger partial charge is 0.270 e. The lowest BCUT2D eigenvalue weighted by atomic mass is 10.3. The van der Waals surface area contributed by atoms with Gasteiger partial charge < -0.3 is 9.30 Å². The SMILES string of the molecule is CCOc1cccc2sc(N(CCCn3ccnc3)C(=O)c3ccc(Cl)s3)nc12. The number of ether oxygens (including phenoxy) is 1. The average molecular weight is 447 g/mol. The van der Waals surface area contributed by atoms with E-state index in [0.717, 1.165) is 28.9 Å². The van der Waals surface area contributed by atoms with Gasteiger partial charge in [-0.15, -0.1) is 11.3 Å². The van der Waals surface area contributed by atoms with Crippen LogP contribution in [0.2, 0.25) is 4.34 Å². The summed E-state index contributed by atoms with van der Waals surface area (Å²) in [6.45, 7) is 3.81. The molecular formula is C20H19ClN4O2S2. The Kier molecular flexibility index (Phi) is 6.13. The molecule has 1 amide bonds. The number of aromatic nitrogens is 3. The van der Waals surface area contributed by atoms with E-state index in [0.29, 0.717) is 27.5 Å². The number of imidazole rings is 1. The van der Waals surface area contributed by atoms with Crippen LogP contribution in [-0.2, 0) is 6.54 Å². The number of carbonyl (C=O) groups excluding carboxylic acids is 1. The van der Waals surface area contributed by atoms with Crippen molar-refractivity contribution >= 4 is 55.5 Å². The second-order valence-electron chi connectivity index (χ2n) is 6.25. The summed E-state index contributed by atoms with van der Waals surface area (Å²) in [5.74, 6) is 0.641. The van der Waals surface area contributed by atoms with E-state index < -0.39 is 0 Å². The Morgan fingerprint density at radius 3 is 2.90 bits per heavy atom. The van der Waals surface area contributed by atoms with Crippen molar-refractivity contribution < 1.29 is 9.53 Å². The van der Waals surface area contributed by atoms with Crippen molar-refractivity contribution in [3.63, 3.8) is 0 Å². The topological polar surface area (TPSA) is 60.2 Å². The van der Waals surface area contributed by atoms with Crippen LogP contribution < -0.4 is 9.64 Å². The second kappa shape index (κ2) is 8.94. The number of thiophene rings is 1. The standard InChI is InChI=1S/C20H19ClN4O2S2/c1-2-27-14-5-3-6-15-18(14)23-20(29-15)25(11-4-10-24-12-9-22-13-24)19(26)16-7-8-17(21)28-16/h3,5-9,12-13H,2,4,10-11H2,1H3. The lowest BCUT2D eigenvalue weighted by Crippen LogP contribution is -2.31. The third kappa shape index (κ3) is 4.44. The zero-order valence-corrected chi connectivity index (χ0v) is 18.1. The summed E-state index contributed by atoms with van der Waals surface area (Å²) in [5.41, 5.74) is 0.783. The normalized spacial score (nSPS) is 11.1. The van der Waals surface area contributed by atoms with Crippen molar-refractivity contribution in [1.82, 2.24) is 14.5 Å². The number of hydrogen-bond donors (Lipinski definition) is 0. The zero-order chi connectivity index (χ0) is 20.2. The molecule has 0 aliphatic rings. The maximum absolute atomic E-state index is 13.2. The number of amides is 1. The molecule has 6 nitrogen and oxygen atoms in total. The van der Waals surface area contributed by atoms with E-state index in [-0.39, 0.29) is 5.91 Å². The molecule has 1 aromatic carbocycles. The summed E-state index contributed by atoms with van der Waals surface area (Å²) in [6.07, 6.45) is 6.21. The summed E-state index contributed by atoms with van der Waals surface area (Å²) >= 11 is 8.82. The molecule has 4 aromatic rings. The average Bonchev–Trinajstić information content (AvgIpc) is 3.46. The molecule has 0 atom stereocenters. The first-order chi connectivity index (χ1) is 14.2. The molecule has 4 rings (SSSR count). The Balaban J connectivity index is 1.64. The van der Waals surface area contributed by atoms with Gasteiger partial charge in [-0.2, -0.15) is 0 Å². The lowest BCUT2D eigenvalue weighted by molar-refractivity contribution is 0.0990. The van der Waals surface area contributed by atoms with E-state index in [1.165, 1.54) is 22.7 Å². The molecule has 0 bridgehead atoms. The molecule has 0 spiro atoms. The van der Waals surface area contributed by atoms with E-state index in [1.54, 1.807) is 29.6 Å². The summed E-state index contributed by atoms with van der Waals surface area (Å²) in [5, 5.41) is 0.660. The van der Waals surface area contributed by atoms with Crippen LogP contribution in [0.5, 0.6) is 5.75 Å². The molecule has 0 radical (unpaired) electrons. The number of rotatable bonds is 8. The number of hydrogen-bond acceptors (Lipinski definition) is 6. The van der Waals surface area contributed by atoms with Crippen LogP contribution in [0.4, 0.5) is 5.13 Å². The molecule has 3 aromatic heterocycles. The lowest BCUT2D eigenvalue weighted by Gasteiger charge is -2.19. The van der Waals surface area contributed by atoms with Gasteiger partial charge in [-0.25, -0.2) is 9.97 Å². The van der Waals surface area contributed by atoms with Crippen molar-refractivity contribution in [1.29, 1.82) is 0 Å². The summed E-state index contributed by atoms with van der Waals surface area (Å²) in [7, 11) is 0. The van der Waals surface area contributed by atoms with Gasteiger partial charge in [-0.1, -0.05) is 29.0 Å². The number of aryl methyl sites for hydroxylation is 1. The van der Waals surface area contributed by atoms with Crippen LogP contribution in [0.1, 0.15) is 23.0 Å². The van der Waals surface area contributed by atoms with E-state index in [2.05, 4.69) is 4.98 Å². The van der Waals surface area contributed by atoms with Gasteiger partial charge in [-0.3, -0.25) is 9.69 Å². The fourth-order valence-electron chi connectivity index (χ4n) is 2.98. The summed E-state index contributed by atoms with van der Waals surface area (Å²) < 4.78 is 9.28. The van der Waals surface area contributed by atoms with Crippen LogP contribution in [0, 0.1) is 0 Å². The fourth-order valence-corrected chi connectivity index (χ4v) is 4.98. The van der Waals surface area contributed by atoms with Crippen LogP contribution in [-0.4, -0.2) is 33.6 Å². The van der Waals surface area contributed by atoms with E-state index in [1.807, 2.05) is 35.9 Å². The minimum Gasteiger partial charge on any atom is -0.492 e. The van der Waals surface area contributed by atoms with Crippen LogP contribution >= 0.6 is 34.3 Å². The molecule has 9 heteroatoms.